The second-order valence-electron chi connectivity index (χ2n) is 2.47. The smallest absolute Gasteiger partial charge is 0.0479 e. The Bertz CT molecular complexity index is 119. The summed E-state index contributed by atoms with van der Waals surface area (Å²) in [4.78, 5) is 0. The summed E-state index contributed by atoms with van der Waals surface area (Å²) < 4.78 is 0. The van der Waals surface area contributed by atoms with Crippen LogP contribution in [0.5, 0.6) is 0 Å². The van der Waals surface area contributed by atoms with Gasteiger partial charge in [0.15, 0.2) is 0 Å². The number of hydrogen-bond donors (Lipinski definition) is 0. The van der Waals surface area contributed by atoms with Gasteiger partial charge in [-0.15, -0.1) is 5.92 Å². The van der Waals surface area contributed by atoms with Crippen LogP contribution in [0.2, 0.25) is 0 Å². The van der Waals surface area contributed by atoms with Gasteiger partial charge in [0.1, 0.15) is 0 Å². The van der Waals surface area contributed by atoms with Crippen molar-refractivity contribution in [2.24, 2.45) is 0 Å². The highest BCUT2D eigenvalue weighted by atomic mass is 14.1. The van der Waals surface area contributed by atoms with Crippen LogP contribution in [0.1, 0.15) is 39.0 Å². The lowest BCUT2D eigenvalue weighted by atomic mass is 10.1. The molecule has 0 atom stereocenters. The van der Waals surface area contributed by atoms with E-state index in [0.717, 1.165) is 6.42 Å². The quantitative estimate of drug-likeness (QED) is 0.432. The zero-order valence-electron chi connectivity index (χ0n) is 6.04. The minimum atomic E-state index is 1.00. The van der Waals surface area contributed by atoms with E-state index in [1.54, 1.807) is 0 Å². The first-order valence-electron chi connectivity index (χ1n) is 3.77. The largest absolute Gasteiger partial charge is 0.103 e. The van der Waals surface area contributed by atoms with Gasteiger partial charge in [-0.3, -0.25) is 0 Å². The van der Waals surface area contributed by atoms with E-state index in [1.807, 2.05) is 0 Å². The van der Waals surface area contributed by atoms with Crippen LogP contribution in [0, 0.1) is 17.8 Å². The Morgan fingerprint density at radius 3 is 2.56 bits per heavy atom. The van der Waals surface area contributed by atoms with Crippen LogP contribution in [-0.4, -0.2) is 0 Å². The van der Waals surface area contributed by atoms with Gasteiger partial charge in [0.05, 0.1) is 0 Å². The second-order valence-corrected chi connectivity index (χ2v) is 2.47. The van der Waals surface area contributed by atoms with Crippen LogP contribution < -0.4 is 0 Å². The highest BCUT2D eigenvalue weighted by Crippen LogP contribution is 2.25. The van der Waals surface area contributed by atoms with Crippen LogP contribution in [0.25, 0.3) is 0 Å². The molecule has 1 aliphatic carbocycles. The molecule has 0 bridgehead atoms. The third-order valence-electron chi connectivity index (χ3n) is 1.65. The fraction of sp³-hybridized carbons (Fsp3) is 0.667. The van der Waals surface area contributed by atoms with E-state index in [-0.39, 0.29) is 0 Å². The van der Waals surface area contributed by atoms with Crippen molar-refractivity contribution in [3.63, 3.8) is 0 Å². The summed E-state index contributed by atoms with van der Waals surface area (Å²) in [7, 11) is 0. The summed E-state index contributed by atoms with van der Waals surface area (Å²) in [5.74, 6) is 7.78. The molecular formula is C9H13. The first-order valence-corrected chi connectivity index (χ1v) is 3.77. The zero-order chi connectivity index (χ0) is 6.53. The van der Waals surface area contributed by atoms with Gasteiger partial charge in [0.25, 0.3) is 0 Å². The third kappa shape index (κ3) is 2.10. The van der Waals surface area contributed by atoms with Crippen molar-refractivity contribution in [1.82, 2.24) is 0 Å². The maximum atomic E-state index is 3.20. The Labute approximate surface area is 57.7 Å². The Morgan fingerprint density at radius 2 is 2.00 bits per heavy atom. The average Bonchev–Trinajstić information content (AvgIpc) is 2.34. The van der Waals surface area contributed by atoms with E-state index in [9.17, 15) is 0 Å². The highest BCUT2D eigenvalue weighted by Gasteiger charge is 2.11. The fourth-order valence-electron chi connectivity index (χ4n) is 1.14. The maximum absolute atomic E-state index is 3.20. The predicted molar refractivity (Wildman–Crippen MR) is 39.8 cm³/mol. The van der Waals surface area contributed by atoms with Crippen LogP contribution in [0.15, 0.2) is 0 Å². The Hall–Kier alpha value is -0.440. The summed E-state index contributed by atoms with van der Waals surface area (Å²) in [5, 5.41) is 0. The molecule has 1 saturated carbocycles. The molecular weight excluding hydrogens is 108 g/mol. The van der Waals surface area contributed by atoms with Gasteiger partial charge in [-0.1, -0.05) is 25.7 Å². The van der Waals surface area contributed by atoms with Crippen LogP contribution >= 0.6 is 0 Å². The minimum Gasteiger partial charge on any atom is -0.103 e. The maximum Gasteiger partial charge on any atom is 0.0479 e. The topological polar surface area (TPSA) is 0 Å². The van der Waals surface area contributed by atoms with E-state index in [1.165, 1.54) is 31.6 Å². The first-order chi connectivity index (χ1) is 4.43. The van der Waals surface area contributed by atoms with Gasteiger partial charge < -0.3 is 0 Å². The van der Waals surface area contributed by atoms with Crippen molar-refractivity contribution in [3.05, 3.63) is 5.92 Å². The summed E-state index contributed by atoms with van der Waals surface area (Å²) >= 11 is 0. The highest BCUT2D eigenvalue weighted by molar-refractivity contribution is 5.22. The molecule has 1 radical (unpaired) electrons. The van der Waals surface area contributed by atoms with Gasteiger partial charge in [0, 0.05) is 12.3 Å². The molecule has 0 N–H and O–H groups in total. The zero-order valence-corrected chi connectivity index (χ0v) is 6.04. The molecule has 0 spiro atoms. The molecule has 0 aliphatic heterocycles. The van der Waals surface area contributed by atoms with Gasteiger partial charge in [0.2, 0.25) is 0 Å². The van der Waals surface area contributed by atoms with Crippen molar-refractivity contribution >= 4 is 0 Å². The van der Waals surface area contributed by atoms with Gasteiger partial charge in [-0.2, -0.15) is 0 Å². The Morgan fingerprint density at radius 1 is 1.33 bits per heavy atom. The minimum absolute atomic E-state index is 1.00. The summed E-state index contributed by atoms with van der Waals surface area (Å²) in [6.07, 6.45) is 6.28. The Balaban J connectivity index is 2.26. The van der Waals surface area contributed by atoms with E-state index in [0.29, 0.717) is 0 Å². The average molecular weight is 121 g/mol. The standard InChI is InChI=1S/C9H13/c1-2-3-6-9-7-4-5-8-9/h2,4-5,7-8H2,1H3. The van der Waals surface area contributed by atoms with Crippen LogP contribution in [0.4, 0.5) is 0 Å². The van der Waals surface area contributed by atoms with Crippen molar-refractivity contribution in [1.29, 1.82) is 0 Å². The van der Waals surface area contributed by atoms with Crippen molar-refractivity contribution in [2.45, 2.75) is 39.0 Å². The lowest BCUT2D eigenvalue weighted by Crippen LogP contribution is -1.81. The lowest BCUT2D eigenvalue weighted by molar-refractivity contribution is 0.886. The molecule has 1 fully saturated rings. The first kappa shape index (κ1) is 6.68. The van der Waals surface area contributed by atoms with E-state index in [4.69, 9.17) is 0 Å². The number of rotatable bonds is 0. The molecule has 0 saturated heterocycles. The lowest BCUT2D eigenvalue weighted by Gasteiger charge is -1.92. The van der Waals surface area contributed by atoms with E-state index >= 15 is 0 Å². The molecule has 0 aromatic rings. The normalized spacial score (nSPS) is 19.2. The molecule has 9 heavy (non-hydrogen) atoms. The molecule has 0 amide bonds. The number of hydrogen-bond acceptors (Lipinski definition) is 0. The SMILES string of the molecule is CCC#C[C]1CCCC1. The van der Waals surface area contributed by atoms with Gasteiger partial charge in [-0.25, -0.2) is 0 Å². The third-order valence-corrected chi connectivity index (χ3v) is 1.65. The molecule has 49 valence electrons. The molecule has 0 aromatic carbocycles. The second kappa shape index (κ2) is 3.56. The summed E-state index contributed by atoms with van der Waals surface area (Å²) in [5.41, 5.74) is 0. The van der Waals surface area contributed by atoms with Crippen LogP contribution in [0.3, 0.4) is 0 Å². The van der Waals surface area contributed by atoms with Crippen LogP contribution in [-0.2, 0) is 0 Å². The fourth-order valence-corrected chi connectivity index (χ4v) is 1.14. The summed E-state index contributed by atoms with van der Waals surface area (Å²) in [6, 6.07) is 0. The summed E-state index contributed by atoms with van der Waals surface area (Å²) in [6.45, 7) is 2.10. The molecule has 0 aromatic heterocycles. The molecule has 0 heterocycles. The predicted octanol–water partition coefficient (Wildman–Crippen LogP) is 2.55. The Kier molecular flexibility index (Phi) is 2.64. The molecule has 0 unspecified atom stereocenters. The van der Waals surface area contributed by atoms with E-state index < -0.39 is 0 Å². The molecule has 1 rings (SSSR count). The van der Waals surface area contributed by atoms with Gasteiger partial charge >= 0.3 is 0 Å². The van der Waals surface area contributed by atoms with E-state index in [2.05, 4.69) is 18.8 Å². The molecule has 0 nitrogen and oxygen atoms in total. The monoisotopic (exact) mass is 121 g/mol. The molecule has 1 aliphatic rings. The van der Waals surface area contributed by atoms with Crippen molar-refractivity contribution < 1.29 is 0 Å². The van der Waals surface area contributed by atoms with Crippen molar-refractivity contribution in [3.8, 4) is 11.8 Å². The van der Waals surface area contributed by atoms with Crippen molar-refractivity contribution in [2.75, 3.05) is 0 Å². The van der Waals surface area contributed by atoms with Gasteiger partial charge in [-0.05, 0) is 12.8 Å². The molecule has 0 heteroatoms.